The molecule has 1 aromatic heterocycles. The molecule has 0 spiro atoms. The van der Waals surface area contributed by atoms with Crippen LogP contribution in [0.2, 0.25) is 5.02 Å². The average Bonchev–Trinajstić information content (AvgIpc) is 2.76. The highest BCUT2D eigenvalue weighted by Crippen LogP contribution is 2.23. The quantitative estimate of drug-likeness (QED) is 0.659. The molecule has 1 heterocycles. The van der Waals surface area contributed by atoms with Crippen LogP contribution in [-0.2, 0) is 6.61 Å². The Balaban J connectivity index is 2.02. The van der Waals surface area contributed by atoms with E-state index in [0.29, 0.717) is 16.8 Å². The van der Waals surface area contributed by atoms with Gasteiger partial charge in [-0.2, -0.15) is 0 Å². The molecule has 1 aromatic carbocycles. The lowest BCUT2D eigenvalue weighted by molar-refractivity contribution is 0.302. The number of aryl methyl sites for hydroxylation is 1. The molecule has 0 atom stereocenters. The van der Waals surface area contributed by atoms with Gasteiger partial charge in [0.15, 0.2) is 5.01 Å². The van der Waals surface area contributed by atoms with E-state index in [-0.39, 0.29) is 0 Å². The Labute approximate surface area is 108 Å². The van der Waals surface area contributed by atoms with Gasteiger partial charge in [0.1, 0.15) is 12.4 Å². The summed E-state index contributed by atoms with van der Waals surface area (Å²) in [5.74, 6) is 6.00. The van der Waals surface area contributed by atoms with Gasteiger partial charge in [0.25, 0.3) is 0 Å². The van der Waals surface area contributed by atoms with Crippen LogP contribution >= 0.6 is 22.9 Å². The standard InChI is InChI=1S/C10H11ClN4OS/c1-6-4-7(11)2-3-8(6)16-5-9-14-15-10(13-12)17-9/h2-4H,5,12H2,1H3,(H,13,15). The van der Waals surface area contributed by atoms with Crippen LogP contribution in [0.5, 0.6) is 5.75 Å². The zero-order valence-electron chi connectivity index (χ0n) is 9.11. The van der Waals surface area contributed by atoms with Crippen molar-refractivity contribution in [3.05, 3.63) is 33.8 Å². The zero-order valence-corrected chi connectivity index (χ0v) is 10.7. The van der Waals surface area contributed by atoms with E-state index < -0.39 is 0 Å². The van der Waals surface area contributed by atoms with E-state index in [1.54, 1.807) is 6.07 Å². The van der Waals surface area contributed by atoms with E-state index in [9.17, 15) is 0 Å². The van der Waals surface area contributed by atoms with Crippen molar-refractivity contribution < 1.29 is 4.74 Å². The van der Waals surface area contributed by atoms with Crippen molar-refractivity contribution in [1.82, 2.24) is 10.2 Å². The third kappa shape index (κ3) is 3.06. The summed E-state index contributed by atoms with van der Waals surface area (Å²) < 4.78 is 5.62. The number of hydrogen-bond donors (Lipinski definition) is 2. The smallest absolute Gasteiger partial charge is 0.219 e. The van der Waals surface area contributed by atoms with Gasteiger partial charge in [0.2, 0.25) is 5.13 Å². The predicted molar refractivity (Wildman–Crippen MR) is 68.2 cm³/mol. The summed E-state index contributed by atoms with van der Waals surface area (Å²) in [6.07, 6.45) is 0. The van der Waals surface area contributed by atoms with Gasteiger partial charge < -0.3 is 4.74 Å². The van der Waals surface area contributed by atoms with Crippen LogP contribution in [0.1, 0.15) is 10.6 Å². The normalized spacial score (nSPS) is 10.3. The van der Waals surface area contributed by atoms with Crippen molar-refractivity contribution in [2.75, 3.05) is 5.43 Å². The number of ether oxygens (including phenoxy) is 1. The van der Waals surface area contributed by atoms with Crippen LogP contribution in [-0.4, -0.2) is 10.2 Å². The molecule has 0 unspecified atom stereocenters. The number of nitrogens with one attached hydrogen (secondary N) is 1. The van der Waals surface area contributed by atoms with Gasteiger partial charge in [-0.3, -0.25) is 5.43 Å². The lowest BCUT2D eigenvalue weighted by Gasteiger charge is -2.07. The Morgan fingerprint density at radius 1 is 1.47 bits per heavy atom. The molecule has 3 N–H and O–H groups in total. The maximum atomic E-state index is 5.86. The lowest BCUT2D eigenvalue weighted by atomic mass is 10.2. The minimum Gasteiger partial charge on any atom is -0.486 e. The van der Waals surface area contributed by atoms with Crippen molar-refractivity contribution in [2.45, 2.75) is 13.5 Å². The number of hydrogen-bond acceptors (Lipinski definition) is 6. The van der Waals surface area contributed by atoms with Crippen molar-refractivity contribution >= 4 is 28.1 Å². The first-order valence-electron chi connectivity index (χ1n) is 4.87. The largest absolute Gasteiger partial charge is 0.486 e. The van der Waals surface area contributed by atoms with Crippen molar-refractivity contribution in [3.8, 4) is 5.75 Å². The van der Waals surface area contributed by atoms with Crippen LogP contribution in [0, 0.1) is 6.92 Å². The van der Waals surface area contributed by atoms with Gasteiger partial charge in [-0.25, -0.2) is 5.84 Å². The van der Waals surface area contributed by atoms with Gasteiger partial charge in [0, 0.05) is 5.02 Å². The minimum atomic E-state index is 0.363. The molecule has 90 valence electrons. The van der Waals surface area contributed by atoms with Crippen LogP contribution in [0.3, 0.4) is 0 Å². The number of benzene rings is 1. The van der Waals surface area contributed by atoms with E-state index in [4.69, 9.17) is 22.2 Å². The fourth-order valence-corrected chi connectivity index (χ4v) is 2.07. The minimum absolute atomic E-state index is 0.363. The first-order chi connectivity index (χ1) is 8.19. The van der Waals surface area contributed by atoms with E-state index in [0.717, 1.165) is 16.3 Å². The highest BCUT2D eigenvalue weighted by molar-refractivity contribution is 7.15. The Morgan fingerprint density at radius 2 is 2.29 bits per heavy atom. The number of hydrazine groups is 1. The van der Waals surface area contributed by atoms with Crippen molar-refractivity contribution in [3.63, 3.8) is 0 Å². The molecule has 0 amide bonds. The zero-order chi connectivity index (χ0) is 12.3. The Morgan fingerprint density at radius 3 is 2.94 bits per heavy atom. The van der Waals surface area contributed by atoms with Gasteiger partial charge in [0.05, 0.1) is 0 Å². The number of nitrogen functional groups attached to an aromatic ring is 1. The summed E-state index contributed by atoms with van der Waals surface area (Å²) in [7, 11) is 0. The number of halogens is 1. The molecule has 0 aliphatic carbocycles. The van der Waals surface area contributed by atoms with E-state index in [2.05, 4.69) is 15.6 Å². The molecule has 0 aliphatic heterocycles. The van der Waals surface area contributed by atoms with Gasteiger partial charge in [-0.15, -0.1) is 10.2 Å². The van der Waals surface area contributed by atoms with Crippen LogP contribution < -0.4 is 16.0 Å². The molecule has 0 fully saturated rings. The first-order valence-corrected chi connectivity index (χ1v) is 6.06. The number of nitrogens with zero attached hydrogens (tertiary/aromatic N) is 2. The van der Waals surface area contributed by atoms with Crippen LogP contribution in [0.4, 0.5) is 5.13 Å². The molecule has 0 bridgehead atoms. The Kier molecular flexibility index (Phi) is 3.78. The summed E-state index contributed by atoms with van der Waals surface area (Å²) in [5.41, 5.74) is 3.42. The Hall–Kier alpha value is -1.37. The SMILES string of the molecule is Cc1cc(Cl)ccc1OCc1nnc(NN)s1. The average molecular weight is 271 g/mol. The molecule has 7 heteroatoms. The second-order valence-corrected chi connectivity index (χ2v) is 4.84. The second-order valence-electron chi connectivity index (χ2n) is 3.34. The fourth-order valence-electron chi connectivity index (χ4n) is 1.28. The highest BCUT2D eigenvalue weighted by Gasteiger charge is 2.05. The molecule has 5 nitrogen and oxygen atoms in total. The molecule has 0 saturated heterocycles. The molecular weight excluding hydrogens is 260 g/mol. The first kappa shape index (κ1) is 12.1. The third-order valence-electron chi connectivity index (χ3n) is 2.08. The van der Waals surface area contributed by atoms with Crippen molar-refractivity contribution in [1.29, 1.82) is 0 Å². The van der Waals surface area contributed by atoms with Gasteiger partial charge >= 0.3 is 0 Å². The molecule has 2 aromatic rings. The van der Waals surface area contributed by atoms with Gasteiger partial charge in [-0.1, -0.05) is 22.9 Å². The fraction of sp³-hybridized carbons (Fsp3) is 0.200. The van der Waals surface area contributed by atoms with Crippen LogP contribution in [0.15, 0.2) is 18.2 Å². The number of anilines is 1. The van der Waals surface area contributed by atoms with Crippen LogP contribution in [0.25, 0.3) is 0 Å². The maximum absolute atomic E-state index is 5.86. The summed E-state index contributed by atoms with van der Waals surface area (Å²) in [5, 5.41) is 9.76. The highest BCUT2D eigenvalue weighted by atomic mass is 35.5. The second kappa shape index (κ2) is 5.31. The number of aromatic nitrogens is 2. The number of nitrogens with two attached hydrogens (primary N) is 1. The Bertz CT molecular complexity index is 517. The summed E-state index contributed by atoms with van der Waals surface area (Å²) in [6.45, 7) is 2.30. The molecule has 0 saturated carbocycles. The molecule has 2 rings (SSSR count). The summed E-state index contributed by atoms with van der Waals surface area (Å²) >= 11 is 7.21. The maximum Gasteiger partial charge on any atom is 0.219 e. The predicted octanol–water partition coefficient (Wildman–Crippen LogP) is 2.36. The molecular formula is C10H11ClN4OS. The monoisotopic (exact) mass is 270 g/mol. The van der Waals surface area contributed by atoms with E-state index in [1.807, 2.05) is 19.1 Å². The topological polar surface area (TPSA) is 73.1 Å². The van der Waals surface area contributed by atoms with Gasteiger partial charge in [-0.05, 0) is 30.7 Å². The molecule has 17 heavy (non-hydrogen) atoms. The number of rotatable bonds is 4. The summed E-state index contributed by atoms with van der Waals surface area (Å²) in [4.78, 5) is 0. The van der Waals surface area contributed by atoms with E-state index in [1.165, 1.54) is 11.3 Å². The van der Waals surface area contributed by atoms with Crippen molar-refractivity contribution in [2.24, 2.45) is 5.84 Å². The lowest BCUT2D eigenvalue weighted by Crippen LogP contribution is -2.05. The van der Waals surface area contributed by atoms with E-state index >= 15 is 0 Å². The molecule has 0 aliphatic rings. The third-order valence-corrected chi connectivity index (χ3v) is 3.14. The summed E-state index contributed by atoms with van der Waals surface area (Å²) in [6, 6.07) is 5.47. The molecule has 0 radical (unpaired) electrons.